The van der Waals surface area contributed by atoms with Crippen molar-refractivity contribution in [3.8, 4) is 5.75 Å². The number of carbonyl (C=O) groups is 2. The molecular formula is C18H23NO4S. The van der Waals surface area contributed by atoms with E-state index in [1.165, 1.54) is 24.0 Å². The third-order valence-electron chi connectivity index (χ3n) is 4.64. The van der Waals surface area contributed by atoms with Gasteiger partial charge in [-0.25, -0.2) is 0 Å². The normalized spacial score (nSPS) is 20.3. The Labute approximate surface area is 146 Å². The van der Waals surface area contributed by atoms with Gasteiger partial charge in [-0.05, 0) is 48.9 Å². The molecule has 1 amide bonds. The number of amides is 1. The van der Waals surface area contributed by atoms with Gasteiger partial charge in [0.05, 0.1) is 12.5 Å². The van der Waals surface area contributed by atoms with Crippen molar-refractivity contribution >= 4 is 23.6 Å². The fraction of sp³-hybridized carbons (Fsp3) is 0.556. The van der Waals surface area contributed by atoms with Gasteiger partial charge in [0, 0.05) is 18.1 Å². The Bertz CT molecular complexity index is 619. The van der Waals surface area contributed by atoms with Crippen LogP contribution in [0.2, 0.25) is 0 Å². The lowest BCUT2D eigenvalue weighted by molar-refractivity contribution is -0.141. The van der Waals surface area contributed by atoms with Crippen molar-refractivity contribution in [2.75, 3.05) is 24.7 Å². The minimum Gasteiger partial charge on any atom is -0.484 e. The van der Waals surface area contributed by atoms with Gasteiger partial charge >= 0.3 is 5.97 Å². The van der Waals surface area contributed by atoms with Gasteiger partial charge in [0.25, 0.3) is 5.91 Å². The number of fused-ring (bicyclic) bond motifs is 1. The zero-order chi connectivity index (χ0) is 16.9. The third kappa shape index (κ3) is 4.23. The van der Waals surface area contributed by atoms with E-state index in [-0.39, 0.29) is 25.0 Å². The summed E-state index contributed by atoms with van der Waals surface area (Å²) in [5, 5.41) is 9.01. The number of aryl methyl sites for hydroxylation is 2. The van der Waals surface area contributed by atoms with Gasteiger partial charge in [0.1, 0.15) is 5.75 Å². The maximum absolute atomic E-state index is 12.5. The molecule has 1 heterocycles. The van der Waals surface area contributed by atoms with Gasteiger partial charge in [0.15, 0.2) is 6.61 Å². The van der Waals surface area contributed by atoms with Gasteiger partial charge in [-0.15, -0.1) is 0 Å². The molecule has 2 aliphatic rings. The summed E-state index contributed by atoms with van der Waals surface area (Å²) < 4.78 is 5.69. The number of hydrogen-bond donors (Lipinski definition) is 1. The molecule has 1 unspecified atom stereocenters. The summed E-state index contributed by atoms with van der Waals surface area (Å²) in [6, 6.07) is 5.83. The van der Waals surface area contributed by atoms with Crippen LogP contribution in [0.1, 0.15) is 30.4 Å². The largest absolute Gasteiger partial charge is 0.484 e. The van der Waals surface area contributed by atoms with E-state index in [0.717, 1.165) is 24.3 Å². The molecule has 1 saturated heterocycles. The van der Waals surface area contributed by atoms with Crippen LogP contribution in [0.15, 0.2) is 18.2 Å². The number of hydrogen-bond acceptors (Lipinski definition) is 4. The molecule has 1 aromatic rings. The Kier molecular flexibility index (Phi) is 5.66. The number of thioether (sulfide) groups is 1. The lowest BCUT2D eigenvalue weighted by atomic mass is 9.92. The van der Waals surface area contributed by atoms with Crippen molar-refractivity contribution in [2.24, 2.45) is 0 Å². The molecule has 1 aliphatic heterocycles. The van der Waals surface area contributed by atoms with E-state index in [1.807, 2.05) is 12.1 Å². The van der Waals surface area contributed by atoms with Gasteiger partial charge in [-0.3, -0.25) is 9.59 Å². The minimum absolute atomic E-state index is 0.00240. The fourth-order valence-corrected chi connectivity index (χ4v) is 4.44. The van der Waals surface area contributed by atoms with Crippen LogP contribution in [0, 0.1) is 0 Å². The van der Waals surface area contributed by atoms with E-state index >= 15 is 0 Å². The maximum Gasteiger partial charge on any atom is 0.305 e. The molecule has 130 valence electrons. The molecule has 1 atom stereocenters. The Morgan fingerprint density at radius 1 is 1.25 bits per heavy atom. The van der Waals surface area contributed by atoms with E-state index in [4.69, 9.17) is 9.84 Å². The zero-order valence-corrected chi connectivity index (χ0v) is 14.5. The molecule has 0 bridgehead atoms. The Balaban J connectivity index is 1.59. The first-order valence-electron chi connectivity index (χ1n) is 8.47. The first kappa shape index (κ1) is 17.1. The summed E-state index contributed by atoms with van der Waals surface area (Å²) in [6.45, 7) is 0.564. The van der Waals surface area contributed by atoms with Crippen molar-refractivity contribution in [2.45, 2.75) is 38.1 Å². The standard InChI is InChI=1S/C18H23NO4S/c20-17(19-7-8-24-12-15(19)10-18(21)22)11-23-16-6-5-13-3-1-2-4-14(13)9-16/h5-6,9,15H,1-4,7-8,10-12H2,(H,21,22). The Hall–Kier alpha value is -1.69. The summed E-state index contributed by atoms with van der Waals surface area (Å²) in [5.41, 5.74) is 2.71. The molecule has 1 N–H and O–H groups in total. The van der Waals surface area contributed by atoms with Gasteiger partial charge in [0.2, 0.25) is 0 Å². The van der Waals surface area contributed by atoms with Crippen molar-refractivity contribution in [3.05, 3.63) is 29.3 Å². The number of nitrogens with zero attached hydrogens (tertiary/aromatic N) is 1. The molecule has 6 heteroatoms. The van der Waals surface area contributed by atoms with Gasteiger partial charge < -0.3 is 14.7 Å². The van der Waals surface area contributed by atoms with Crippen molar-refractivity contribution in [3.63, 3.8) is 0 Å². The van der Waals surface area contributed by atoms with Gasteiger partial charge in [-0.1, -0.05) is 6.07 Å². The van der Waals surface area contributed by atoms with Gasteiger partial charge in [-0.2, -0.15) is 11.8 Å². The predicted molar refractivity (Wildman–Crippen MR) is 93.7 cm³/mol. The van der Waals surface area contributed by atoms with Crippen LogP contribution in [0.4, 0.5) is 0 Å². The second-order valence-electron chi connectivity index (χ2n) is 6.34. The fourth-order valence-electron chi connectivity index (χ4n) is 3.38. The molecular weight excluding hydrogens is 326 g/mol. The molecule has 1 aromatic carbocycles. The highest BCUT2D eigenvalue weighted by Gasteiger charge is 2.29. The highest BCUT2D eigenvalue weighted by atomic mass is 32.2. The molecule has 1 aliphatic carbocycles. The van der Waals surface area contributed by atoms with Crippen LogP contribution in [0.5, 0.6) is 5.75 Å². The molecule has 0 radical (unpaired) electrons. The average Bonchev–Trinajstić information content (AvgIpc) is 2.59. The van der Waals surface area contributed by atoms with Crippen LogP contribution in [-0.4, -0.2) is 52.6 Å². The van der Waals surface area contributed by atoms with Crippen LogP contribution >= 0.6 is 11.8 Å². The second-order valence-corrected chi connectivity index (χ2v) is 7.49. The summed E-state index contributed by atoms with van der Waals surface area (Å²) in [5.74, 6) is 1.26. The predicted octanol–water partition coefficient (Wildman–Crippen LogP) is 2.36. The van der Waals surface area contributed by atoms with Crippen molar-refractivity contribution in [1.29, 1.82) is 0 Å². The number of carboxylic acid groups (broad SMARTS) is 1. The first-order valence-corrected chi connectivity index (χ1v) is 9.62. The molecule has 3 rings (SSSR count). The van der Waals surface area contributed by atoms with E-state index in [9.17, 15) is 9.59 Å². The van der Waals surface area contributed by atoms with E-state index in [1.54, 1.807) is 16.7 Å². The molecule has 0 aromatic heterocycles. The molecule has 1 fully saturated rings. The summed E-state index contributed by atoms with van der Waals surface area (Å²) in [6.07, 6.45) is 4.64. The zero-order valence-electron chi connectivity index (χ0n) is 13.7. The number of aliphatic carboxylic acids is 1. The van der Waals surface area contributed by atoms with Crippen molar-refractivity contribution in [1.82, 2.24) is 4.90 Å². The number of ether oxygens (including phenoxy) is 1. The van der Waals surface area contributed by atoms with E-state index in [2.05, 4.69) is 6.07 Å². The van der Waals surface area contributed by atoms with E-state index < -0.39 is 5.97 Å². The SMILES string of the molecule is O=C(O)CC1CSCCN1C(=O)COc1ccc2c(c1)CCCC2. The quantitative estimate of drug-likeness (QED) is 0.884. The molecule has 5 nitrogen and oxygen atoms in total. The number of benzene rings is 1. The Morgan fingerprint density at radius 2 is 2.04 bits per heavy atom. The summed E-state index contributed by atoms with van der Waals surface area (Å²) in [4.78, 5) is 25.1. The highest BCUT2D eigenvalue weighted by Crippen LogP contribution is 2.25. The molecule has 24 heavy (non-hydrogen) atoms. The second kappa shape index (κ2) is 7.92. The van der Waals surface area contributed by atoms with Crippen LogP contribution in [-0.2, 0) is 22.4 Å². The van der Waals surface area contributed by atoms with Crippen LogP contribution < -0.4 is 4.74 Å². The summed E-state index contributed by atoms with van der Waals surface area (Å²) >= 11 is 1.70. The monoisotopic (exact) mass is 349 g/mol. The average molecular weight is 349 g/mol. The third-order valence-corrected chi connectivity index (χ3v) is 5.73. The highest BCUT2D eigenvalue weighted by molar-refractivity contribution is 7.99. The van der Waals surface area contributed by atoms with E-state index in [0.29, 0.717) is 12.3 Å². The lowest BCUT2D eigenvalue weighted by Gasteiger charge is -2.34. The lowest BCUT2D eigenvalue weighted by Crippen LogP contribution is -2.48. The molecule has 0 saturated carbocycles. The number of carboxylic acids is 1. The topological polar surface area (TPSA) is 66.8 Å². The first-order chi connectivity index (χ1) is 11.6. The minimum atomic E-state index is -0.865. The Morgan fingerprint density at radius 3 is 2.83 bits per heavy atom. The van der Waals surface area contributed by atoms with Crippen LogP contribution in [0.25, 0.3) is 0 Å². The number of carbonyl (C=O) groups excluding carboxylic acids is 1. The van der Waals surface area contributed by atoms with Crippen LogP contribution in [0.3, 0.4) is 0 Å². The van der Waals surface area contributed by atoms with Crippen molar-refractivity contribution < 1.29 is 19.4 Å². The number of rotatable bonds is 5. The maximum atomic E-state index is 12.5. The summed E-state index contributed by atoms with van der Waals surface area (Å²) in [7, 11) is 0. The smallest absolute Gasteiger partial charge is 0.305 e. The molecule has 0 spiro atoms.